The third-order valence-corrected chi connectivity index (χ3v) is 5.59. The minimum Gasteiger partial charge on any atom is -0.443 e. The van der Waals surface area contributed by atoms with Crippen LogP contribution in [0.15, 0.2) is 48.5 Å². The van der Waals surface area contributed by atoms with E-state index in [2.05, 4.69) is 27.6 Å². The molecule has 0 aliphatic rings. The Morgan fingerprint density at radius 3 is 2.50 bits per heavy atom. The lowest BCUT2D eigenvalue weighted by Crippen LogP contribution is -2.50. The first-order valence-corrected chi connectivity index (χ1v) is 11.7. The number of carbonyl (C=O) groups is 3. The van der Waals surface area contributed by atoms with E-state index in [1.165, 1.54) is 12.6 Å². The highest BCUT2D eigenvalue weighted by atomic mass is 16.6. The first-order valence-electron chi connectivity index (χ1n) is 11.7. The van der Waals surface area contributed by atoms with Gasteiger partial charge in [-0.2, -0.15) is 0 Å². The van der Waals surface area contributed by atoms with Crippen molar-refractivity contribution in [1.82, 2.24) is 24.8 Å². The van der Waals surface area contributed by atoms with Gasteiger partial charge in [0.15, 0.2) is 11.5 Å². The van der Waals surface area contributed by atoms with Crippen molar-refractivity contribution in [2.24, 2.45) is 11.5 Å². The molecule has 1 unspecified atom stereocenters. The summed E-state index contributed by atoms with van der Waals surface area (Å²) >= 11 is 0. The van der Waals surface area contributed by atoms with Crippen LogP contribution >= 0.6 is 0 Å². The van der Waals surface area contributed by atoms with Crippen LogP contribution in [-0.2, 0) is 27.4 Å². The van der Waals surface area contributed by atoms with Crippen molar-refractivity contribution >= 4 is 23.6 Å². The van der Waals surface area contributed by atoms with Crippen LogP contribution in [0.25, 0.3) is 5.65 Å². The van der Waals surface area contributed by atoms with Crippen LogP contribution in [0, 0.1) is 0 Å². The SMILES string of the molecule is CN(CC(N)=O)C(=O)OCc1cccc2nnc(C(CCCc3ccccc3)NC(=O)C(C)(C)N)n12. The van der Waals surface area contributed by atoms with E-state index < -0.39 is 23.6 Å². The summed E-state index contributed by atoms with van der Waals surface area (Å²) in [5, 5.41) is 11.6. The Morgan fingerprint density at radius 1 is 1.11 bits per heavy atom. The fraction of sp³-hybridized carbons (Fsp3) is 0.400. The van der Waals surface area contributed by atoms with Crippen LogP contribution in [0.1, 0.15) is 49.8 Å². The summed E-state index contributed by atoms with van der Waals surface area (Å²) in [5.41, 5.74) is 12.4. The molecule has 0 aliphatic carbocycles. The lowest BCUT2D eigenvalue weighted by molar-refractivity contribution is -0.126. The van der Waals surface area contributed by atoms with Crippen LogP contribution in [0.5, 0.6) is 0 Å². The maximum atomic E-state index is 12.8. The Morgan fingerprint density at radius 2 is 1.83 bits per heavy atom. The van der Waals surface area contributed by atoms with Gasteiger partial charge in [0.2, 0.25) is 11.8 Å². The lowest BCUT2D eigenvalue weighted by atomic mass is 10.0. The number of hydrogen-bond acceptors (Lipinski definition) is 7. The molecule has 0 radical (unpaired) electrons. The Kier molecular flexibility index (Phi) is 8.59. The van der Waals surface area contributed by atoms with E-state index in [1.807, 2.05) is 18.2 Å². The molecule has 36 heavy (non-hydrogen) atoms. The second-order valence-electron chi connectivity index (χ2n) is 9.27. The van der Waals surface area contributed by atoms with E-state index in [4.69, 9.17) is 16.2 Å². The Balaban J connectivity index is 1.85. The van der Waals surface area contributed by atoms with Gasteiger partial charge in [-0.3, -0.25) is 14.0 Å². The second-order valence-corrected chi connectivity index (χ2v) is 9.27. The standard InChI is InChI=1S/C25H33N7O4/c1-25(2,27)23(34)28-19(13-7-11-17-9-5-4-6-10-17)22-30-29-21-14-8-12-18(32(21)22)16-36-24(35)31(3)15-20(26)33/h4-6,8-10,12,14,19H,7,11,13,15-16,27H2,1-3H3,(H2,26,33)(H,28,34). The topological polar surface area (TPSA) is 158 Å². The van der Waals surface area contributed by atoms with Gasteiger partial charge in [-0.15, -0.1) is 10.2 Å². The smallest absolute Gasteiger partial charge is 0.410 e. The summed E-state index contributed by atoms with van der Waals surface area (Å²) in [6, 6.07) is 14.9. The first kappa shape index (κ1) is 26.6. The number of benzene rings is 1. The van der Waals surface area contributed by atoms with Crippen LogP contribution in [0.3, 0.4) is 0 Å². The van der Waals surface area contributed by atoms with Crippen molar-refractivity contribution in [3.8, 4) is 0 Å². The summed E-state index contributed by atoms with van der Waals surface area (Å²) in [5.74, 6) is -0.455. The van der Waals surface area contributed by atoms with Gasteiger partial charge in [-0.1, -0.05) is 36.4 Å². The third-order valence-electron chi connectivity index (χ3n) is 5.59. The molecule has 11 heteroatoms. The second kappa shape index (κ2) is 11.6. The van der Waals surface area contributed by atoms with Gasteiger partial charge in [-0.05, 0) is 50.8 Å². The van der Waals surface area contributed by atoms with Crippen molar-refractivity contribution in [2.45, 2.75) is 51.3 Å². The van der Waals surface area contributed by atoms with Gasteiger partial charge in [0.05, 0.1) is 17.3 Å². The quantitative estimate of drug-likeness (QED) is 0.365. The molecule has 0 saturated heterocycles. The van der Waals surface area contributed by atoms with E-state index in [-0.39, 0.29) is 19.1 Å². The number of nitrogens with zero attached hydrogens (tertiary/aromatic N) is 4. The van der Waals surface area contributed by atoms with Crippen LogP contribution in [0.2, 0.25) is 0 Å². The largest absolute Gasteiger partial charge is 0.443 e. The maximum Gasteiger partial charge on any atom is 0.410 e. The third kappa shape index (κ3) is 7.01. The minimum absolute atomic E-state index is 0.0998. The van der Waals surface area contributed by atoms with Crippen molar-refractivity contribution in [3.05, 3.63) is 65.6 Å². The molecule has 0 aliphatic heterocycles. The summed E-state index contributed by atoms with van der Waals surface area (Å²) in [6.45, 7) is 2.92. The monoisotopic (exact) mass is 495 g/mol. The summed E-state index contributed by atoms with van der Waals surface area (Å²) < 4.78 is 7.14. The van der Waals surface area contributed by atoms with Gasteiger partial charge in [0.1, 0.15) is 13.2 Å². The van der Waals surface area contributed by atoms with Crippen LogP contribution in [0.4, 0.5) is 4.79 Å². The highest BCUT2D eigenvalue weighted by molar-refractivity contribution is 5.85. The molecule has 3 rings (SSSR count). The number of aromatic nitrogens is 3. The summed E-state index contributed by atoms with van der Waals surface area (Å²) in [6.07, 6.45) is 1.50. The zero-order valence-electron chi connectivity index (χ0n) is 20.8. The zero-order valence-corrected chi connectivity index (χ0v) is 20.8. The van der Waals surface area contributed by atoms with Crippen molar-refractivity contribution in [2.75, 3.05) is 13.6 Å². The molecular formula is C25H33N7O4. The lowest BCUT2D eigenvalue weighted by Gasteiger charge is -2.24. The normalized spacial score (nSPS) is 12.2. The molecule has 0 spiro atoms. The van der Waals surface area contributed by atoms with Gasteiger partial charge >= 0.3 is 6.09 Å². The number of rotatable bonds is 11. The molecule has 0 bridgehead atoms. The summed E-state index contributed by atoms with van der Waals surface area (Å²) in [7, 11) is 1.42. The molecule has 2 heterocycles. The molecule has 0 saturated carbocycles. The molecule has 3 amide bonds. The Labute approximate surface area is 209 Å². The van der Waals surface area contributed by atoms with E-state index in [0.717, 1.165) is 17.7 Å². The molecule has 5 N–H and O–H groups in total. The van der Waals surface area contributed by atoms with Crippen LogP contribution in [-0.4, -0.2) is 56.5 Å². The number of aryl methyl sites for hydroxylation is 1. The molecule has 1 aromatic carbocycles. The first-order chi connectivity index (χ1) is 17.1. The fourth-order valence-corrected chi connectivity index (χ4v) is 3.68. The van der Waals surface area contributed by atoms with Gasteiger partial charge in [0.25, 0.3) is 0 Å². The van der Waals surface area contributed by atoms with E-state index in [0.29, 0.717) is 23.6 Å². The number of fused-ring (bicyclic) bond motifs is 1. The van der Waals surface area contributed by atoms with Crippen molar-refractivity contribution < 1.29 is 19.1 Å². The van der Waals surface area contributed by atoms with Crippen LogP contribution < -0.4 is 16.8 Å². The predicted octanol–water partition coefficient (Wildman–Crippen LogP) is 1.70. The number of hydrogen-bond donors (Lipinski definition) is 3. The van der Waals surface area contributed by atoms with E-state index in [9.17, 15) is 14.4 Å². The number of ether oxygens (including phenoxy) is 1. The number of likely N-dealkylation sites (N-methyl/N-ethyl adjacent to an activating group) is 1. The molecule has 192 valence electrons. The van der Waals surface area contributed by atoms with E-state index in [1.54, 1.807) is 36.4 Å². The molecular weight excluding hydrogens is 462 g/mol. The van der Waals surface area contributed by atoms with E-state index >= 15 is 0 Å². The fourth-order valence-electron chi connectivity index (χ4n) is 3.68. The number of primary amides is 1. The number of pyridine rings is 1. The van der Waals surface area contributed by atoms with Gasteiger partial charge in [-0.25, -0.2) is 4.79 Å². The maximum absolute atomic E-state index is 12.8. The Bertz CT molecular complexity index is 1200. The Hall–Kier alpha value is -3.99. The number of amides is 3. The molecule has 3 aromatic rings. The molecule has 1 atom stereocenters. The molecule has 11 nitrogen and oxygen atoms in total. The average Bonchev–Trinajstić information content (AvgIpc) is 3.26. The molecule has 0 fully saturated rings. The average molecular weight is 496 g/mol. The van der Waals surface area contributed by atoms with Gasteiger partial charge in [0, 0.05) is 7.05 Å². The highest BCUT2D eigenvalue weighted by Gasteiger charge is 2.28. The predicted molar refractivity (Wildman–Crippen MR) is 134 cm³/mol. The minimum atomic E-state index is -1.08. The number of nitrogens with one attached hydrogen (secondary N) is 1. The molecule has 2 aromatic heterocycles. The van der Waals surface area contributed by atoms with Gasteiger partial charge < -0.3 is 26.4 Å². The van der Waals surface area contributed by atoms with Crippen molar-refractivity contribution in [1.29, 1.82) is 0 Å². The zero-order chi connectivity index (χ0) is 26.3. The van der Waals surface area contributed by atoms with Crippen molar-refractivity contribution in [3.63, 3.8) is 0 Å². The summed E-state index contributed by atoms with van der Waals surface area (Å²) in [4.78, 5) is 37.2. The number of nitrogens with two attached hydrogens (primary N) is 2. The highest BCUT2D eigenvalue weighted by Crippen LogP contribution is 2.22. The number of carbonyl (C=O) groups excluding carboxylic acids is 3.